The van der Waals surface area contributed by atoms with E-state index in [9.17, 15) is 9.59 Å². The number of nitrogens with two attached hydrogens (primary N) is 1. The summed E-state index contributed by atoms with van der Waals surface area (Å²) in [4.78, 5) is 29.8. The van der Waals surface area contributed by atoms with E-state index in [4.69, 9.17) is 5.73 Å². The maximum absolute atomic E-state index is 12.8. The Hall–Kier alpha value is -2.69. The number of fused-ring (bicyclic) bond motifs is 1. The lowest BCUT2D eigenvalue weighted by Crippen LogP contribution is -2.31. The largest absolute Gasteiger partial charge is 0.364 e. The van der Waals surface area contributed by atoms with E-state index in [0.717, 1.165) is 24.1 Å². The van der Waals surface area contributed by atoms with Gasteiger partial charge in [-0.3, -0.25) is 9.59 Å². The molecule has 5 nitrogen and oxygen atoms in total. The first-order chi connectivity index (χ1) is 10.6. The second kappa shape index (κ2) is 5.60. The molecule has 0 unspecified atom stereocenters. The molecule has 0 saturated carbocycles. The van der Waals surface area contributed by atoms with Gasteiger partial charge in [-0.2, -0.15) is 0 Å². The van der Waals surface area contributed by atoms with Crippen LogP contribution in [0.15, 0.2) is 36.4 Å². The molecule has 1 aromatic carbocycles. The number of pyridine rings is 1. The number of carbonyl (C=O) groups excluding carboxylic acids is 2. The van der Waals surface area contributed by atoms with Crippen molar-refractivity contribution in [1.29, 1.82) is 0 Å². The lowest BCUT2D eigenvalue weighted by Gasteiger charge is -2.19. The van der Waals surface area contributed by atoms with Gasteiger partial charge in [0.2, 0.25) is 0 Å². The minimum absolute atomic E-state index is 0.106. The van der Waals surface area contributed by atoms with Gasteiger partial charge in [-0.25, -0.2) is 4.98 Å². The molecule has 112 valence electrons. The Balaban J connectivity index is 1.99. The molecule has 5 heteroatoms. The molecule has 1 aromatic heterocycles. The molecule has 2 heterocycles. The highest BCUT2D eigenvalue weighted by molar-refractivity contribution is 6.07. The zero-order chi connectivity index (χ0) is 15.7. The van der Waals surface area contributed by atoms with Crippen LogP contribution in [0.4, 0.5) is 5.69 Å². The molecule has 0 radical (unpaired) electrons. The van der Waals surface area contributed by atoms with Crippen molar-refractivity contribution in [2.24, 2.45) is 5.73 Å². The molecule has 0 spiro atoms. The van der Waals surface area contributed by atoms with E-state index >= 15 is 0 Å². The number of primary amides is 1. The Labute approximate surface area is 128 Å². The number of hydrogen-bond acceptors (Lipinski definition) is 3. The predicted molar refractivity (Wildman–Crippen MR) is 84.0 cm³/mol. The summed E-state index contributed by atoms with van der Waals surface area (Å²) in [5.41, 5.74) is 8.90. The van der Waals surface area contributed by atoms with Crippen LogP contribution in [0, 0.1) is 0 Å². The van der Waals surface area contributed by atoms with Crippen molar-refractivity contribution in [2.75, 3.05) is 11.4 Å². The third-order valence-electron chi connectivity index (χ3n) is 3.92. The molecule has 0 saturated heterocycles. The molecule has 3 rings (SSSR count). The van der Waals surface area contributed by atoms with Gasteiger partial charge in [0.1, 0.15) is 11.4 Å². The van der Waals surface area contributed by atoms with Crippen molar-refractivity contribution >= 4 is 17.5 Å². The summed E-state index contributed by atoms with van der Waals surface area (Å²) in [7, 11) is 0. The van der Waals surface area contributed by atoms with E-state index in [2.05, 4.69) is 18.0 Å². The van der Waals surface area contributed by atoms with E-state index < -0.39 is 5.91 Å². The number of para-hydroxylation sites is 1. The smallest absolute Gasteiger partial charge is 0.276 e. The molecule has 22 heavy (non-hydrogen) atoms. The van der Waals surface area contributed by atoms with Crippen LogP contribution >= 0.6 is 0 Å². The molecule has 0 bridgehead atoms. The third-order valence-corrected chi connectivity index (χ3v) is 3.92. The molecule has 2 N–H and O–H groups in total. The van der Waals surface area contributed by atoms with Gasteiger partial charge in [0.25, 0.3) is 11.8 Å². The van der Waals surface area contributed by atoms with Gasteiger partial charge in [-0.15, -0.1) is 0 Å². The van der Waals surface area contributed by atoms with Crippen molar-refractivity contribution in [3.63, 3.8) is 0 Å². The molecular formula is C17H17N3O2. The topological polar surface area (TPSA) is 76.3 Å². The Kier molecular flexibility index (Phi) is 3.63. The first-order valence-corrected chi connectivity index (χ1v) is 7.31. The molecule has 2 amide bonds. The number of benzene rings is 1. The normalized spacial score (nSPS) is 13.0. The van der Waals surface area contributed by atoms with Crippen LogP contribution in [-0.4, -0.2) is 23.3 Å². The maximum Gasteiger partial charge on any atom is 0.276 e. The zero-order valence-corrected chi connectivity index (χ0v) is 12.4. The first-order valence-electron chi connectivity index (χ1n) is 7.31. The summed E-state index contributed by atoms with van der Waals surface area (Å²) < 4.78 is 0. The Morgan fingerprint density at radius 1 is 1.18 bits per heavy atom. The minimum Gasteiger partial charge on any atom is -0.364 e. The van der Waals surface area contributed by atoms with Crippen molar-refractivity contribution in [3.8, 4) is 0 Å². The number of aryl methyl sites for hydroxylation is 1. The van der Waals surface area contributed by atoms with E-state index in [-0.39, 0.29) is 17.3 Å². The average molecular weight is 295 g/mol. The Bertz CT molecular complexity index is 755. The molecule has 1 aliphatic heterocycles. The number of rotatable bonds is 3. The number of aromatic nitrogens is 1. The second-order valence-corrected chi connectivity index (χ2v) is 5.26. The van der Waals surface area contributed by atoms with Crippen LogP contribution in [0.1, 0.15) is 39.0 Å². The molecule has 2 aromatic rings. The summed E-state index contributed by atoms with van der Waals surface area (Å²) in [6.07, 6.45) is 1.70. The maximum atomic E-state index is 12.8. The van der Waals surface area contributed by atoms with Crippen molar-refractivity contribution in [1.82, 2.24) is 4.98 Å². The number of nitrogens with zero attached hydrogens (tertiary/aromatic N) is 2. The number of amides is 2. The fourth-order valence-electron chi connectivity index (χ4n) is 2.85. The van der Waals surface area contributed by atoms with Crippen LogP contribution in [0.25, 0.3) is 0 Å². The summed E-state index contributed by atoms with van der Waals surface area (Å²) in [5.74, 6) is -0.825. The molecule has 0 atom stereocenters. The fraction of sp³-hybridized carbons (Fsp3) is 0.235. The standard InChI is InChI=1S/C17H17N3O2/c1-2-11-5-3-6-12-9-10-20(15(11)12)17(22)14-8-4-7-13(19-14)16(18)21/h3-8H,2,9-10H2,1H3,(H2,18,21). The zero-order valence-electron chi connectivity index (χ0n) is 12.4. The third kappa shape index (κ3) is 2.35. The summed E-state index contributed by atoms with van der Waals surface area (Å²) >= 11 is 0. The average Bonchev–Trinajstić information content (AvgIpc) is 2.98. The lowest BCUT2D eigenvalue weighted by atomic mass is 10.1. The molecular weight excluding hydrogens is 278 g/mol. The van der Waals surface area contributed by atoms with Gasteiger partial charge in [0.15, 0.2) is 0 Å². The lowest BCUT2D eigenvalue weighted by molar-refractivity contribution is 0.0983. The van der Waals surface area contributed by atoms with Gasteiger partial charge in [-0.1, -0.05) is 31.2 Å². The van der Waals surface area contributed by atoms with Crippen molar-refractivity contribution < 1.29 is 9.59 Å². The highest BCUT2D eigenvalue weighted by atomic mass is 16.2. The number of hydrogen-bond donors (Lipinski definition) is 1. The quantitative estimate of drug-likeness (QED) is 0.940. The highest BCUT2D eigenvalue weighted by Crippen LogP contribution is 2.33. The Morgan fingerprint density at radius 2 is 1.91 bits per heavy atom. The van der Waals surface area contributed by atoms with Crippen LogP contribution in [0.2, 0.25) is 0 Å². The SMILES string of the molecule is CCc1cccc2c1N(C(=O)c1cccc(C(N)=O)n1)CC2. The van der Waals surface area contributed by atoms with E-state index in [1.54, 1.807) is 17.0 Å². The number of carbonyl (C=O) groups is 2. The van der Waals surface area contributed by atoms with Gasteiger partial charge >= 0.3 is 0 Å². The fourth-order valence-corrected chi connectivity index (χ4v) is 2.85. The number of anilines is 1. The van der Waals surface area contributed by atoms with E-state index in [1.165, 1.54) is 11.6 Å². The summed E-state index contributed by atoms with van der Waals surface area (Å²) in [6, 6.07) is 10.9. The molecule has 0 fully saturated rings. The van der Waals surface area contributed by atoms with Gasteiger partial charge in [-0.05, 0) is 36.1 Å². The molecule has 0 aliphatic carbocycles. The summed E-state index contributed by atoms with van der Waals surface area (Å²) in [5, 5.41) is 0. The van der Waals surface area contributed by atoms with E-state index in [1.807, 2.05) is 12.1 Å². The van der Waals surface area contributed by atoms with Crippen LogP contribution < -0.4 is 10.6 Å². The van der Waals surface area contributed by atoms with Crippen molar-refractivity contribution in [3.05, 3.63) is 58.9 Å². The van der Waals surface area contributed by atoms with Gasteiger partial charge in [0.05, 0.1) is 5.69 Å². The highest BCUT2D eigenvalue weighted by Gasteiger charge is 2.28. The summed E-state index contributed by atoms with van der Waals surface area (Å²) in [6.45, 7) is 2.70. The van der Waals surface area contributed by atoms with Crippen molar-refractivity contribution in [2.45, 2.75) is 19.8 Å². The van der Waals surface area contributed by atoms with Crippen LogP contribution in [0.5, 0.6) is 0 Å². The molecule has 1 aliphatic rings. The predicted octanol–water partition coefficient (Wildman–Crippen LogP) is 1.95. The Morgan fingerprint density at radius 3 is 2.64 bits per heavy atom. The first kappa shape index (κ1) is 14.3. The second-order valence-electron chi connectivity index (χ2n) is 5.26. The van der Waals surface area contributed by atoms with Crippen LogP contribution in [-0.2, 0) is 12.8 Å². The van der Waals surface area contributed by atoms with Crippen LogP contribution in [0.3, 0.4) is 0 Å². The monoisotopic (exact) mass is 295 g/mol. The van der Waals surface area contributed by atoms with E-state index in [0.29, 0.717) is 6.54 Å². The minimum atomic E-state index is -0.634. The van der Waals surface area contributed by atoms with Gasteiger partial charge in [0, 0.05) is 6.54 Å². The van der Waals surface area contributed by atoms with Gasteiger partial charge < -0.3 is 10.6 Å².